The van der Waals surface area contributed by atoms with E-state index in [2.05, 4.69) is 36.4 Å². The van der Waals surface area contributed by atoms with Gasteiger partial charge in [-0.2, -0.15) is 0 Å². The average Bonchev–Trinajstić information content (AvgIpc) is 3.03. The fourth-order valence-corrected chi connectivity index (χ4v) is 5.56. The van der Waals surface area contributed by atoms with Crippen molar-refractivity contribution < 1.29 is 28.8 Å². The van der Waals surface area contributed by atoms with Crippen molar-refractivity contribution >= 4 is 22.9 Å². The Morgan fingerprint density at radius 2 is 1.69 bits per heavy atom. The minimum Gasteiger partial charge on any atom is -0.496 e. The van der Waals surface area contributed by atoms with Crippen LogP contribution in [0.25, 0.3) is 16.8 Å². The number of carboxylic acid groups (broad SMARTS) is 1. The van der Waals surface area contributed by atoms with Crippen LogP contribution in [0.2, 0.25) is 0 Å². The predicted molar refractivity (Wildman–Crippen MR) is 165 cm³/mol. The normalized spacial score (nSPS) is 17.0. The molecule has 2 unspecified atom stereocenters. The molecule has 1 fully saturated rings. The van der Waals surface area contributed by atoms with Crippen LogP contribution in [0, 0.1) is 0 Å². The summed E-state index contributed by atoms with van der Waals surface area (Å²) in [7, 11) is 3.30. The number of carbonyl (C=O) groups is 1. The van der Waals surface area contributed by atoms with E-state index in [0.717, 1.165) is 45.6 Å². The highest BCUT2D eigenvalue weighted by atomic mass is 16.5. The highest BCUT2D eigenvalue weighted by molar-refractivity contribution is 5.94. The molecule has 218 valence electrons. The van der Waals surface area contributed by atoms with Gasteiger partial charge in [-0.25, -0.2) is 4.79 Å². The van der Waals surface area contributed by atoms with E-state index in [9.17, 15) is 9.90 Å². The molecule has 5 rings (SSSR count). The smallest absolute Gasteiger partial charge is 0.407 e. The fraction of sp³-hybridized carbons (Fsp3) is 0.286. The number of rotatable bonds is 11. The molecule has 1 aliphatic heterocycles. The maximum atomic E-state index is 11.8. The van der Waals surface area contributed by atoms with Gasteiger partial charge in [-0.15, -0.1) is 0 Å². The molecule has 0 radical (unpaired) electrons. The number of nitrogens with zero attached hydrogens (tertiary/aromatic N) is 1. The summed E-state index contributed by atoms with van der Waals surface area (Å²) in [4.78, 5) is 13.3. The molecule has 4 aromatic rings. The average molecular weight is 568 g/mol. The van der Waals surface area contributed by atoms with Crippen LogP contribution >= 0.6 is 0 Å². The third-order valence-electron chi connectivity index (χ3n) is 7.71. The van der Waals surface area contributed by atoms with Crippen LogP contribution in [-0.4, -0.2) is 56.1 Å². The molecule has 0 saturated carbocycles. The van der Waals surface area contributed by atoms with Crippen LogP contribution in [0.15, 0.2) is 91.0 Å². The van der Waals surface area contributed by atoms with Gasteiger partial charge in [0.1, 0.15) is 17.2 Å². The van der Waals surface area contributed by atoms with Gasteiger partial charge in [0, 0.05) is 28.8 Å². The molecule has 1 amide bonds. The topological polar surface area (TPSA) is 77.5 Å². The van der Waals surface area contributed by atoms with E-state index in [-0.39, 0.29) is 18.6 Å². The van der Waals surface area contributed by atoms with Crippen molar-refractivity contribution in [3.8, 4) is 17.2 Å². The minimum absolute atomic E-state index is 0.0387. The number of methoxy groups -OCH3 is 2. The van der Waals surface area contributed by atoms with E-state index in [1.54, 1.807) is 14.2 Å². The lowest BCUT2D eigenvalue weighted by Crippen LogP contribution is -2.46. The van der Waals surface area contributed by atoms with Crippen LogP contribution in [0.5, 0.6) is 17.2 Å². The first-order valence-corrected chi connectivity index (χ1v) is 14.2. The summed E-state index contributed by atoms with van der Waals surface area (Å²) in [5.74, 6) is 2.31. The summed E-state index contributed by atoms with van der Waals surface area (Å²) in [6.07, 6.45) is 4.42. The predicted octanol–water partition coefficient (Wildman–Crippen LogP) is 7.39. The van der Waals surface area contributed by atoms with Gasteiger partial charge >= 0.3 is 6.09 Å². The molecular formula is C35H37NO6. The van der Waals surface area contributed by atoms with Crippen molar-refractivity contribution in [3.05, 3.63) is 108 Å². The quantitative estimate of drug-likeness (QED) is 0.190. The first-order valence-electron chi connectivity index (χ1n) is 14.2. The van der Waals surface area contributed by atoms with Gasteiger partial charge in [-0.1, -0.05) is 78.9 Å². The Balaban J connectivity index is 1.27. The molecule has 7 heteroatoms. The van der Waals surface area contributed by atoms with Crippen molar-refractivity contribution in [2.75, 3.05) is 33.9 Å². The van der Waals surface area contributed by atoms with Gasteiger partial charge in [0.25, 0.3) is 0 Å². The number of piperidine rings is 1. The van der Waals surface area contributed by atoms with Gasteiger partial charge in [0.15, 0.2) is 0 Å². The number of hydrogen-bond donors (Lipinski definition) is 1. The number of hydrogen-bond acceptors (Lipinski definition) is 5. The first-order chi connectivity index (χ1) is 20.6. The van der Waals surface area contributed by atoms with E-state index in [4.69, 9.17) is 18.9 Å². The second kappa shape index (κ2) is 13.9. The molecule has 7 nitrogen and oxygen atoms in total. The van der Waals surface area contributed by atoms with Crippen molar-refractivity contribution in [1.29, 1.82) is 0 Å². The summed E-state index contributed by atoms with van der Waals surface area (Å²) in [5, 5.41) is 11.6. The minimum atomic E-state index is -0.933. The second-order valence-corrected chi connectivity index (χ2v) is 10.3. The third-order valence-corrected chi connectivity index (χ3v) is 7.71. The Morgan fingerprint density at radius 1 is 0.952 bits per heavy atom. The summed E-state index contributed by atoms with van der Waals surface area (Å²) >= 11 is 0. The Bertz CT molecular complexity index is 1500. The number of fused-ring (bicyclic) bond motifs is 1. The highest BCUT2D eigenvalue weighted by Crippen LogP contribution is 2.38. The molecule has 2 atom stereocenters. The maximum Gasteiger partial charge on any atom is 0.407 e. The standard InChI is InChI=1S/C35H37NO6/c1-39-32-22-27(34(40-2)31-14-7-6-13-30(31)32)24-42-33-23-36(35(37)38)20-19-29(33)26-15-17-28(18-16-26)41-21-9-8-12-25-10-4-3-5-11-25/h3-8,10-18,22,29,33H,9,19-21,23-24H2,1-2H3,(H,37,38)/b12-8+. The van der Waals surface area contributed by atoms with Gasteiger partial charge in [0.05, 0.1) is 40.1 Å². The summed E-state index contributed by atoms with van der Waals surface area (Å²) < 4.78 is 23.9. The summed E-state index contributed by atoms with van der Waals surface area (Å²) in [6, 6.07) is 28.2. The Labute approximate surface area is 246 Å². The summed E-state index contributed by atoms with van der Waals surface area (Å²) in [6.45, 7) is 1.59. The Morgan fingerprint density at radius 3 is 2.40 bits per heavy atom. The SMILES string of the molecule is COc1cc(COC2CN(C(=O)O)CCC2c2ccc(OCC/C=C/c3ccccc3)cc2)c(OC)c2ccccc12. The van der Waals surface area contributed by atoms with E-state index >= 15 is 0 Å². The van der Waals surface area contributed by atoms with Crippen LogP contribution < -0.4 is 14.2 Å². The van der Waals surface area contributed by atoms with E-state index < -0.39 is 6.09 Å². The first kappa shape index (κ1) is 29.0. The highest BCUT2D eigenvalue weighted by Gasteiger charge is 2.33. The van der Waals surface area contributed by atoms with Crippen LogP contribution in [0.1, 0.15) is 35.4 Å². The maximum absolute atomic E-state index is 11.8. The molecule has 1 heterocycles. The van der Waals surface area contributed by atoms with Gasteiger partial charge in [-0.3, -0.25) is 0 Å². The van der Waals surface area contributed by atoms with E-state index in [1.165, 1.54) is 10.5 Å². The largest absolute Gasteiger partial charge is 0.496 e. The van der Waals surface area contributed by atoms with Crippen LogP contribution in [0.4, 0.5) is 4.79 Å². The van der Waals surface area contributed by atoms with E-state index in [0.29, 0.717) is 26.1 Å². The van der Waals surface area contributed by atoms with Crippen molar-refractivity contribution in [1.82, 2.24) is 4.90 Å². The Hall–Kier alpha value is -4.49. The van der Waals surface area contributed by atoms with Crippen molar-refractivity contribution in [2.24, 2.45) is 0 Å². The zero-order chi connectivity index (χ0) is 29.3. The molecule has 1 saturated heterocycles. The number of amides is 1. The number of likely N-dealkylation sites (tertiary alicyclic amines) is 1. The molecule has 0 spiro atoms. The lowest BCUT2D eigenvalue weighted by Gasteiger charge is -2.37. The van der Waals surface area contributed by atoms with Crippen molar-refractivity contribution in [2.45, 2.75) is 31.5 Å². The molecule has 1 N–H and O–H groups in total. The zero-order valence-electron chi connectivity index (χ0n) is 24.1. The molecule has 42 heavy (non-hydrogen) atoms. The van der Waals surface area contributed by atoms with Crippen molar-refractivity contribution in [3.63, 3.8) is 0 Å². The molecule has 4 aromatic carbocycles. The van der Waals surface area contributed by atoms with Gasteiger partial charge < -0.3 is 29.0 Å². The molecule has 0 bridgehead atoms. The van der Waals surface area contributed by atoms with E-state index in [1.807, 2.05) is 60.7 Å². The monoisotopic (exact) mass is 567 g/mol. The third kappa shape index (κ3) is 6.86. The molecule has 0 aromatic heterocycles. The Kier molecular flexibility index (Phi) is 9.62. The van der Waals surface area contributed by atoms with Gasteiger partial charge in [-0.05, 0) is 42.2 Å². The fourth-order valence-electron chi connectivity index (χ4n) is 5.56. The molecule has 0 aliphatic carbocycles. The number of ether oxygens (including phenoxy) is 4. The molecular weight excluding hydrogens is 530 g/mol. The van der Waals surface area contributed by atoms with Crippen LogP contribution in [-0.2, 0) is 11.3 Å². The zero-order valence-corrected chi connectivity index (χ0v) is 24.1. The molecule has 1 aliphatic rings. The second-order valence-electron chi connectivity index (χ2n) is 10.3. The lowest BCUT2D eigenvalue weighted by molar-refractivity contribution is -0.0204. The lowest BCUT2D eigenvalue weighted by atomic mass is 9.87. The van der Waals surface area contributed by atoms with Crippen LogP contribution in [0.3, 0.4) is 0 Å². The van der Waals surface area contributed by atoms with Gasteiger partial charge in [0.2, 0.25) is 0 Å². The summed E-state index contributed by atoms with van der Waals surface area (Å²) in [5.41, 5.74) is 3.12. The number of benzene rings is 4.